The minimum absolute atomic E-state index is 0.0187. The summed E-state index contributed by atoms with van der Waals surface area (Å²) in [5, 5.41) is 2.98. The number of pyridine rings is 1. The average Bonchev–Trinajstić information content (AvgIpc) is 2.47. The first-order chi connectivity index (χ1) is 9.65. The van der Waals surface area contributed by atoms with Crippen LogP contribution in [0.4, 0.5) is 0 Å². The van der Waals surface area contributed by atoms with Crippen molar-refractivity contribution in [3.05, 3.63) is 59.9 Å². The van der Waals surface area contributed by atoms with Crippen LogP contribution in [-0.4, -0.2) is 16.6 Å². The zero-order valence-electron chi connectivity index (χ0n) is 11.7. The molecule has 1 aromatic carbocycles. The van der Waals surface area contributed by atoms with E-state index in [2.05, 4.69) is 29.4 Å². The van der Waals surface area contributed by atoms with Gasteiger partial charge in [0.1, 0.15) is 0 Å². The summed E-state index contributed by atoms with van der Waals surface area (Å²) in [6, 6.07) is 12.0. The quantitative estimate of drug-likeness (QED) is 0.857. The lowest BCUT2D eigenvalue weighted by Gasteiger charge is -2.13. The van der Waals surface area contributed by atoms with E-state index in [0.29, 0.717) is 5.75 Å². The van der Waals surface area contributed by atoms with E-state index in [1.54, 1.807) is 24.2 Å². The highest BCUT2D eigenvalue weighted by Gasteiger charge is 2.09. The van der Waals surface area contributed by atoms with E-state index in [4.69, 9.17) is 0 Å². The molecule has 1 N–H and O–H groups in total. The summed E-state index contributed by atoms with van der Waals surface area (Å²) in [6.07, 6.45) is 3.50. The molecule has 0 fully saturated rings. The molecule has 0 aliphatic rings. The number of hydrogen-bond donors (Lipinski definition) is 1. The summed E-state index contributed by atoms with van der Waals surface area (Å²) >= 11 is 1.55. The maximum Gasteiger partial charge on any atom is 0.230 e. The monoisotopic (exact) mass is 286 g/mol. The van der Waals surface area contributed by atoms with Gasteiger partial charge in [-0.15, -0.1) is 11.8 Å². The average molecular weight is 286 g/mol. The lowest BCUT2D eigenvalue weighted by Crippen LogP contribution is -2.28. The number of carbonyl (C=O) groups is 1. The summed E-state index contributed by atoms with van der Waals surface area (Å²) in [7, 11) is 0. The number of benzene rings is 1. The molecule has 4 heteroatoms. The molecule has 0 saturated heterocycles. The summed E-state index contributed by atoms with van der Waals surface area (Å²) in [4.78, 5) is 17.1. The summed E-state index contributed by atoms with van der Waals surface area (Å²) in [6.45, 7) is 4.02. The van der Waals surface area contributed by atoms with E-state index in [1.165, 1.54) is 5.56 Å². The maximum absolute atomic E-state index is 11.9. The molecule has 1 aromatic heterocycles. The molecule has 20 heavy (non-hydrogen) atoms. The van der Waals surface area contributed by atoms with Gasteiger partial charge in [-0.3, -0.25) is 9.78 Å². The SMILES string of the molecule is Cc1ccc(SCC(=O)NC(C)c2cccnc2)cc1. The minimum Gasteiger partial charge on any atom is -0.349 e. The molecule has 3 nitrogen and oxygen atoms in total. The van der Waals surface area contributed by atoms with Crippen molar-refractivity contribution in [3.63, 3.8) is 0 Å². The van der Waals surface area contributed by atoms with Crippen LogP contribution in [0.3, 0.4) is 0 Å². The number of nitrogens with zero attached hydrogens (tertiary/aromatic N) is 1. The zero-order chi connectivity index (χ0) is 14.4. The molecule has 1 atom stereocenters. The lowest BCUT2D eigenvalue weighted by atomic mass is 10.1. The van der Waals surface area contributed by atoms with Crippen molar-refractivity contribution >= 4 is 17.7 Å². The Morgan fingerprint density at radius 2 is 2.05 bits per heavy atom. The Morgan fingerprint density at radius 3 is 2.70 bits per heavy atom. The molecule has 0 bridgehead atoms. The van der Waals surface area contributed by atoms with E-state index < -0.39 is 0 Å². The fourth-order valence-electron chi connectivity index (χ4n) is 1.78. The smallest absolute Gasteiger partial charge is 0.230 e. The van der Waals surface area contributed by atoms with Gasteiger partial charge < -0.3 is 5.32 Å². The van der Waals surface area contributed by atoms with E-state index in [-0.39, 0.29) is 11.9 Å². The predicted octanol–water partition coefficient (Wildman–Crippen LogP) is 3.36. The Balaban J connectivity index is 1.82. The Kier molecular flexibility index (Phi) is 5.18. The molecule has 104 valence electrons. The first kappa shape index (κ1) is 14.6. The van der Waals surface area contributed by atoms with Crippen LogP contribution in [0.25, 0.3) is 0 Å². The Bertz CT molecular complexity index is 554. The molecular weight excluding hydrogens is 268 g/mol. The normalized spacial score (nSPS) is 11.9. The third-order valence-electron chi connectivity index (χ3n) is 2.95. The van der Waals surface area contributed by atoms with Crippen LogP contribution in [0.1, 0.15) is 24.1 Å². The standard InChI is InChI=1S/C16H18N2OS/c1-12-5-7-15(8-6-12)20-11-16(19)18-13(2)14-4-3-9-17-10-14/h3-10,13H,11H2,1-2H3,(H,18,19). The number of rotatable bonds is 5. The van der Waals surface area contributed by atoms with Gasteiger partial charge in [0.2, 0.25) is 5.91 Å². The number of thioether (sulfide) groups is 1. The van der Waals surface area contributed by atoms with Crippen LogP contribution in [0.2, 0.25) is 0 Å². The Labute approximate surface area is 123 Å². The van der Waals surface area contributed by atoms with E-state index in [0.717, 1.165) is 10.5 Å². The minimum atomic E-state index is -0.0187. The van der Waals surface area contributed by atoms with Gasteiger partial charge in [-0.2, -0.15) is 0 Å². The topological polar surface area (TPSA) is 42.0 Å². The van der Waals surface area contributed by atoms with Crippen molar-refractivity contribution in [1.82, 2.24) is 10.3 Å². The number of aromatic nitrogens is 1. The Hall–Kier alpha value is -1.81. The highest BCUT2D eigenvalue weighted by Crippen LogP contribution is 2.18. The molecule has 0 aliphatic heterocycles. The van der Waals surface area contributed by atoms with Gasteiger partial charge in [0.25, 0.3) is 0 Å². The van der Waals surface area contributed by atoms with Crippen LogP contribution < -0.4 is 5.32 Å². The fourth-order valence-corrected chi connectivity index (χ4v) is 2.49. The van der Waals surface area contributed by atoms with Crippen LogP contribution in [0.5, 0.6) is 0 Å². The third-order valence-corrected chi connectivity index (χ3v) is 3.96. The number of aryl methyl sites for hydroxylation is 1. The first-order valence-electron chi connectivity index (χ1n) is 6.54. The van der Waals surface area contributed by atoms with E-state index in [9.17, 15) is 4.79 Å². The van der Waals surface area contributed by atoms with Crippen molar-refractivity contribution < 1.29 is 4.79 Å². The molecule has 2 aromatic rings. The highest BCUT2D eigenvalue weighted by atomic mass is 32.2. The number of carbonyl (C=O) groups excluding carboxylic acids is 1. The van der Waals surface area contributed by atoms with Crippen LogP contribution in [0, 0.1) is 6.92 Å². The molecular formula is C16H18N2OS. The highest BCUT2D eigenvalue weighted by molar-refractivity contribution is 8.00. The zero-order valence-corrected chi connectivity index (χ0v) is 12.5. The van der Waals surface area contributed by atoms with Crippen LogP contribution in [0.15, 0.2) is 53.7 Å². The predicted molar refractivity (Wildman–Crippen MR) is 82.7 cm³/mol. The van der Waals surface area contributed by atoms with Gasteiger partial charge in [-0.05, 0) is 37.6 Å². The molecule has 0 radical (unpaired) electrons. The third kappa shape index (κ3) is 4.38. The molecule has 0 aliphatic carbocycles. The molecule has 0 saturated carbocycles. The van der Waals surface area contributed by atoms with Crippen molar-refractivity contribution in [2.45, 2.75) is 24.8 Å². The lowest BCUT2D eigenvalue weighted by molar-refractivity contribution is -0.119. The summed E-state index contributed by atoms with van der Waals surface area (Å²) in [5.74, 6) is 0.458. The fraction of sp³-hybridized carbons (Fsp3) is 0.250. The van der Waals surface area contributed by atoms with E-state index >= 15 is 0 Å². The molecule has 2 rings (SSSR count). The second-order valence-corrected chi connectivity index (χ2v) is 5.73. The van der Waals surface area contributed by atoms with Crippen molar-refractivity contribution in [2.24, 2.45) is 0 Å². The number of hydrogen-bond acceptors (Lipinski definition) is 3. The largest absolute Gasteiger partial charge is 0.349 e. The Morgan fingerprint density at radius 1 is 1.30 bits per heavy atom. The van der Waals surface area contributed by atoms with Crippen molar-refractivity contribution in [3.8, 4) is 0 Å². The maximum atomic E-state index is 11.9. The van der Waals surface area contributed by atoms with E-state index in [1.807, 2.05) is 31.2 Å². The van der Waals surface area contributed by atoms with Gasteiger partial charge in [-0.1, -0.05) is 23.8 Å². The van der Waals surface area contributed by atoms with Crippen molar-refractivity contribution in [1.29, 1.82) is 0 Å². The van der Waals surface area contributed by atoms with Gasteiger partial charge in [-0.25, -0.2) is 0 Å². The summed E-state index contributed by atoms with van der Waals surface area (Å²) in [5.41, 5.74) is 2.24. The van der Waals surface area contributed by atoms with Crippen molar-refractivity contribution in [2.75, 3.05) is 5.75 Å². The van der Waals surface area contributed by atoms with Gasteiger partial charge in [0, 0.05) is 17.3 Å². The molecule has 1 heterocycles. The van der Waals surface area contributed by atoms with Gasteiger partial charge in [0.05, 0.1) is 11.8 Å². The van der Waals surface area contributed by atoms with Gasteiger partial charge in [0.15, 0.2) is 0 Å². The second-order valence-electron chi connectivity index (χ2n) is 4.68. The second kappa shape index (κ2) is 7.10. The molecule has 1 unspecified atom stereocenters. The first-order valence-corrected chi connectivity index (χ1v) is 7.52. The molecule has 0 spiro atoms. The van der Waals surface area contributed by atoms with Crippen LogP contribution >= 0.6 is 11.8 Å². The summed E-state index contributed by atoms with van der Waals surface area (Å²) < 4.78 is 0. The van der Waals surface area contributed by atoms with Crippen LogP contribution in [-0.2, 0) is 4.79 Å². The molecule has 1 amide bonds. The number of amides is 1. The van der Waals surface area contributed by atoms with Gasteiger partial charge >= 0.3 is 0 Å². The number of nitrogens with one attached hydrogen (secondary N) is 1.